The van der Waals surface area contributed by atoms with Crippen molar-refractivity contribution < 1.29 is 18.7 Å². The fraction of sp³-hybridized carbons (Fsp3) is 0.222. The van der Waals surface area contributed by atoms with Crippen LogP contribution in [0.1, 0.15) is 40.1 Å². The minimum absolute atomic E-state index is 0.0566. The Labute approximate surface area is 128 Å². The summed E-state index contributed by atoms with van der Waals surface area (Å²) in [6.45, 7) is 4.02. The smallest absolute Gasteiger partial charge is 0.339 e. The molecule has 0 spiro atoms. The Balaban J connectivity index is 2.12. The zero-order chi connectivity index (χ0) is 16.2. The third-order valence-electron chi connectivity index (χ3n) is 3.48. The first kappa shape index (κ1) is 15.9. The van der Waals surface area contributed by atoms with Crippen molar-refractivity contribution in [1.29, 1.82) is 0 Å². The summed E-state index contributed by atoms with van der Waals surface area (Å²) in [7, 11) is 0. The van der Waals surface area contributed by atoms with Crippen LogP contribution in [0.25, 0.3) is 0 Å². The average molecular weight is 300 g/mol. The molecule has 0 saturated carbocycles. The summed E-state index contributed by atoms with van der Waals surface area (Å²) in [6.07, 6.45) is 0. The van der Waals surface area contributed by atoms with E-state index in [0.29, 0.717) is 0 Å². The predicted octanol–water partition coefficient (Wildman–Crippen LogP) is 3.93. The van der Waals surface area contributed by atoms with Crippen LogP contribution in [0.3, 0.4) is 0 Å². The molecule has 0 aromatic heterocycles. The van der Waals surface area contributed by atoms with Gasteiger partial charge in [0.25, 0.3) is 0 Å². The van der Waals surface area contributed by atoms with Gasteiger partial charge in [-0.1, -0.05) is 56.3 Å². The summed E-state index contributed by atoms with van der Waals surface area (Å²) in [5.41, 5.74) is 0.313. The fourth-order valence-electron chi connectivity index (χ4n) is 2.13. The van der Waals surface area contributed by atoms with E-state index in [9.17, 15) is 14.0 Å². The number of esters is 1. The second-order valence-corrected chi connectivity index (χ2v) is 5.65. The Bertz CT molecular complexity index is 678. The molecule has 0 atom stereocenters. The highest BCUT2D eigenvalue weighted by Gasteiger charge is 2.24. The summed E-state index contributed by atoms with van der Waals surface area (Å²) in [6, 6.07) is 13.7. The van der Waals surface area contributed by atoms with Crippen LogP contribution in [0.15, 0.2) is 54.6 Å². The summed E-state index contributed by atoms with van der Waals surface area (Å²) in [5.74, 6) is -0.703. The van der Waals surface area contributed by atoms with Crippen molar-refractivity contribution in [2.75, 3.05) is 6.61 Å². The molecule has 0 aliphatic carbocycles. The summed E-state index contributed by atoms with van der Waals surface area (Å²) >= 11 is 0. The van der Waals surface area contributed by atoms with E-state index in [1.807, 2.05) is 44.2 Å². The highest BCUT2D eigenvalue weighted by atomic mass is 19.1. The molecule has 0 heterocycles. The zero-order valence-corrected chi connectivity index (χ0v) is 12.5. The maximum atomic E-state index is 12.9. The molecule has 0 N–H and O–H groups in total. The van der Waals surface area contributed by atoms with Gasteiger partial charge in [-0.05, 0) is 17.7 Å². The van der Waals surface area contributed by atoms with Crippen molar-refractivity contribution in [1.82, 2.24) is 0 Å². The van der Waals surface area contributed by atoms with Crippen LogP contribution in [0, 0.1) is 0 Å². The van der Waals surface area contributed by atoms with E-state index in [0.717, 1.165) is 5.56 Å². The summed E-state index contributed by atoms with van der Waals surface area (Å²) in [4.78, 5) is 23.0. The lowest BCUT2D eigenvalue weighted by Crippen LogP contribution is -2.26. The summed E-state index contributed by atoms with van der Waals surface area (Å²) in [5, 5.41) is 0. The molecular weight excluding hydrogens is 283 g/mol. The number of carbonyl (C=O) groups is 2. The minimum atomic E-state index is -1.64. The number of rotatable bonds is 5. The Hall–Kier alpha value is -2.49. The lowest BCUT2D eigenvalue weighted by molar-refractivity contribution is 0.0422. The Kier molecular flexibility index (Phi) is 4.71. The second-order valence-electron chi connectivity index (χ2n) is 5.65. The first-order valence-corrected chi connectivity index (χ1v) is 6.93. The Morgan fingerprint density at radius 2 is 1.50 bits per heavy atom. The largest absolute Gasteiger partial charge is 0.461 e. The van der Waals surface area contributed by atoms with Crippen molar-refractivity contribution >= 4 is 12.0 Å². The Morgan fingerprint density at radius 3 is 2.09 bits per heavy atom. The maximum absolute atomic E-state index is 12.9. The van der Waals surface area contributed by atoms with E-state index in [4.69, 9.17) is 4.74 Å². The van der Waals surface area contributed by atoms with Crippen LogP contribution in [0.5, 0.6) is 0 Å². The number of ether oxygens (including phenoxy) is 1. The molecule has 2 aromatic carbocycles. The van der Waals surface area contributed by atoms with Crippen LogP contribution in [0.4, 0.5) is 4.39 Å². The van der Waals surface area contributed by atoms with Gasteiger partial charge in [-0.25, -0.2) is 4.79 Å². The number of hydrogen-bond acceptors (Lipinski definition) is 3. The first-order chi connectivity index (χ1) is 10.4. The molecule has 0 radical (unpaired) electrons. The predicted molar refractivity (Wildman–Crippen MR) is 81.6 cm³/mol. The molecule has 0 amide bonds. The van der Waals surface area contributed by atoms with Gasteiger partial charge < -0.3 is 4.74 Å². The van der Waals surface area contributed by atoms with E-state index in [-0.39, 0.29) is 23.1 Å². The number of hydrogen-bond donors (Lipinski definition) is 0. The number of benzene rings is 2. The van der Waals surface area contributed by atoms with E-state index >= 15 is 0 Å². The van der Waals surface area contributed by atoms with Crippen LogP contribution in [-0.4, -0.2) is 18.6 Å². The minimum Gasteiger partial charge on any atom is -0.461 e. The van der Waals surface area contributed by atoms with E-state index < -0.39 is 12.0 Å². The Morgan fingerprint density at radius 1 is 0.955 bits per heavy atom. The molecule has 22 heavy (non-hydrogen) atoms. The average Bonchev–Trinajstić information content (AvgIpc) is 2.53. The molecule has 0 bridgehead atoms. The molecule has 0 unspecified atom stereocenters. The molecule has 114 valence electrons. The molecule has 0 fully saturated rings. The van der Waals surface area contributed by atoms with Crippen molar-refractivity contribution in [2.24, 2.45) is 0 Å². The van der Waals surface area contributed by atoms with Gasteiger partial charge in [-0.15, -0.1) is 0 Å². The van der Waals surface area contributed by atoms with Gasteiger partial charge in [0.05, 0.1) is 11.1 Å². The van der Waals surface area contributed by atoms with Crippen molar-refractivity contribution in [3.05, 3.63) is 71.3 Å². The normalized spacial score (nSPS) is 11.0. The van der Waals surface area contributed by atoms with Crippen LogP contribution in [0.2, 0.25) is 0 Å². The van der Waals surface area contributed by atoms with E-state index in [2.05, 4.69) is 0 Å². The van der Waals surface area contributed by atoms with E-state index in [1.54, 1.807) is 6.07 Å². The van der Waals surface area contributed by atoms with Gasteiger partial charge in [-0.2, -0.15) is 4.39 Å². The van der Waals surface area contributed by atoms with Gasteiger partial charge in [0, 0.05) is 5.41 Å². The standard InChI is InChI=1S/C18H17FO3/c1-18(2,13-8-4-3-5-9-13)12-22-17(21)15-11-7-6-10-14(15)16(19)20/h3-11H,12H2,1-2H3. The molecule has 2 rings (SSSR count). The molecule has 3 nitrogen and oxygen atoms in total. The van der Waals surface area contributed by atoms with Crippen molar-refractivity contribution in [3.63, 3.8) is 0 Å². The van der Waals surface area contributed by atoms with Gasteiger partial charge >= 0.3 is 12.0 Å². The monoisotopic (exact) mass is 300 g/mol. The number of halogens is 1. The number of carbonyl (C=O) groups excluding carboxylic acids is 2. The molecular formula is C18H17FO3. The van der Waals surface area contributed by atoms with Crippen LogP contribution < -0.4 is 0 Å². The van der Waals surface area contributed by atoms with Crippen LogP contribution in [-0.2, 0) is 10.2 Å². The quantitative estimate of drug-likeness (QED) is 0.620. The molecule has 0 saturated heterocycles. The van der Waals surface area contributed by atoms with Gasteiger partial charge in [0.15, 0.2) is 0 Å². The molecule has 0 aliphatic rings. The van der Waals surface area contributed by atoms with Crippen molar-refractivity contribution in [2.45, 2.75) is 19.3 Å². The topological polar surface area (TPSA) is 43.4 Å². The first-order valence-electron chi connectivity index (χ1n) is 6.93. The highest BCUT2D eigenvalue weighted by molar-refractivity contribution is 6.02. The summed E-state index contributed by atoms with van der Waals surface area (Å²) < 4.78 is 18.2. The molecule has 4 heteroatoms. The van der Waals surface area contributed by atoms with Crippen molar-refractivity contribution in [3.8, 4) is 0 Å². The molecule has 0 aliphatic heterocycles. The third kappa shape index (κ3) is 3.58. The third-order valence-corrected chi connectivity index (χ3v) is 3.48. The lowest BCUT2D eigenvalue weighted by Gasteiger charge is -2.24. The second kappa shape index (κ2) is 6.52. The van der Waals surface area contributed by atoms with Gasteiger partial charge in [0.2, 0.25) is 0 Å². The SMILES string of the molecule is CC(C)(COC(=O)c1ccccc1C(=O)F)c1ccccc1. The van der Waals surface area contributed by atoms with Gasteiger partial charge in [0.1, 0.15) is 6.61 Å². The maximum Gasteiger partial charge on any atom is 0.339 e. The lowest BCUT2D eigenvalue weighted by atomic mass is 9.86. The van der Waals surface area contributed by atoms with Gasteiger partial charge in [-0.3, -0.25) is 4.79 Å². The van der Waals surface area contributed by atoms with E-state index in [1.165, 1.54) is 18.2 Å². The highest BCUT2D eigenvalue weighted by Crippen LogP contribution is 2.24. The zero-order valence-electron chi connectivity index (χ0n) is 12.5. The molecule has 2 aromatic rings. The van der Waals surface area contributed by atoms with Crippen LogP contribution >= 0.6 is 0 Å². The fourth-order valence-corrected chi connectivity index (χ4v) is 2.13.